The molecule has 0 saturated carbocycles. The lowest BCUT2D eigenvalue weighted by Crippen LogP contribution is -2.33. The van der Waals surface area contributed by atoms with Crippen molar-refractivity contribution in [2.24, 2.45) is 0 Å². The third-order valence-corrected chi connectivity index (χ3v) is 2.90. The Kier molecular flexibility index (Phi) is 5.39. The van der Waals surface area contributed by atoms with Gasteiger partial charge >= 0.3 is 0 Å². The van der Waals surface area contributed by atoms with Crippen molar-refractivity contribution in [3.05, 3.63) is 29.8 Å². The van der Waals surface area contributed by atoms with E-state index in [0.717, 1.165) is 19.4 Å². The summed E-state index contributed by atoms with van der Waals surface area (Å²) in [6, 6.07) is 3.38. The van der Waals surface area contributed by atoms with Crippen molar-refractivity contribution in [2.45, 2.75) is 45.6 Å². The summed E-state index contributed by atoms with van der Waals surface area (Å²) in [7, 11) is 0. The van der Waals surface area contributed by atoms with Crippen LogP contribution in [0.15, 0.2) is 18.3 Å². The highest BCUT2D eigenvalue weighted by Gasteiger charge is 2.21. The molecule has 1 heterocycles. The van der Waals surface area contributed by atoms with Crippen molar-refractivity contribution >= 4 is 0 Å². The molecule has 0 fully saturated rings. The molecule has 0 aliphatic heterocycles. The minimum Gasteiger partial charge on any atom is -0.314 e. The normalized spacial score (nSPS) is 14.8. The molecule has 3 heteroatoms. The molecule has 90 valence electrons. The smallest absolute Gasteiger partial charge is 0.145 e. The number of nitrogens with one attached hydrogen (secondary N) is 1. The topological polar surface area (TPSA) is 24.9 Å². The lowest BCUT2D eigenvalue weighted by atomic mass is 9.93. The van der Waals surface area contributed by atoms with E-state index in [2.05, 4.69) is 31.1 Å². The Bertz CT molecular complexity index is 315. The number of hydrogen-bond acceptors (Lipinski definition) is 2. The minimum absolute atomic E-state index is 0.146. The molecule has 1 N–H and O–H groups in total. The molecule has 0 radical (unpaired) electrons. The third kappa shape index (κ3) is 3.27. The first-order valence-corrected chi connectivity index (χ1v) is 6.04. The molecule has 2 unspecified atom stereocenters. The predicted octanol–water partition coefficient (Wildman–Crippen LogP) is 3.10. The van der Waals surface area contributed by atoms with E-state index in [4.69, 9.17) is 0 Å². The van der Waals surface area contributed by atoms with Gasteiger partial charge in [0.15, 0.2) is 0 Å². The Morgan fingerprint density at radius 3 is 2.75 bits per heavy atom. The largest absolute Gasteiger partial charge is 0.314 e. The van der Waals surface area contributed by atoms with Gasteiger partial charge in [0, 0.05) is 18.2 Å². The standard InChI is InChI=1S/C13H21FN2/c1-4-8-15-10(3)11(5-2)13-12(14)7-6-9-16-13/h6-7,9-11,15H,4-5,8H2,1-3H3. The van der Waals surface area contributed by atoms with Gasteiger partial charge in [-0.25, -0.2) is 4.39 Å². The molecule has 2 nitrogen and oxygen atoms in total. The van der Waals surface area contributed by atoms with Crippen LogP contribution in [0.25, 0.3) is 0 Å². The second kappa shape index (κ2) is 6.59. The second-order valence-electron chi connectivity index (χ2n) is 4.13. The molecule has 0 saturated heterocycles. The Balaban J connectivity index is 2.77. The van der Waals surface area contributed by atoms with Crippen molar-refractivity contribution < 1.29 is 4.39 Å². The Hall–Kier alpha value is -0.960. The zero-order valence-corrected chi connectivity index (χ0v) is 10.3. The van der Waals surface area contributed by atoms with Crippen molar-refractivity contribution in [1.82, 2.24) is 10.3 Å². The van der Waals surface area contributed by atoms with Gasteiger partial charge in [-0.3, -0.25) is 4.98 Å². The van der Waals surface area contributed by atoms with E-state index in [0.29, 0.717) is 5.69 Å². The van der Waals surface area contributed by atoms with Gasteiger partial charge in [-0.1, -0.05) is 13.8 Å². The Morgan fingerprint density at radius 1 is 1.44 bits per heavy atom. The quantitative estimate of drug-likeness (QED) is 0.803. The fourth-order valence-electron chi connectivity index (χ4n) is 1.97. The minimum atomic E-state index is -0.195. The van der Waals surface area contributed by atoms with E-state index >= 15 is 0 Å². The van der Waals surface area contributed by atoms with E-state index in [1.54, 1.807) is 12.3 Å². The van der Waals surface area contributed by atoms with Crippen LogP contribution in [0.5, 0.6) is 0 Å². The maximum Gasteiger partial charge on any atom is 0.145 e. The van der Waals surface area contributed by atoms with Gasteiger partial charge < -0.3 is 5.32 Å². The van der Waals surface area contributed by atoms with E-state index in [1.807, 2.05) is 0 Å². The Morgan fingerprint density at radius 2 is 2.19 bits per heavy atom. The molecule has 1 aromatic heterocycles. The summed E-state index contributed by atoms with van der Waals surface area (Å²) in [6.07, 6.45) is 3.64. The van der Waals surface area contributed by atoms with Gasteiger partial charge in [0.25, 0.3) is 0 Å². The highest BCUT2D eigenvalue weighted by Crippen LogP contribution is 2.23. The van der Waals surface area contributed by atoms with Crippen molar-refractivity contribution in [3.63, 3.8) is 0 Å². The summed E-state index contributed by atoms with van der Waals surface area (Å²) in [5, 5.41) is 3.40. The van der Waals surface area contributed by atoms with Gasteiger partial charge in [0.05, 0.1) is 5.69 Å². The van der Waals surface area contributed by atoms with Crippen LogP contribution in [0.1, 0.15) is 45.2 Å². The summed E-state index contributed by atoms with van der Waals surface area (Å²) >= 11 is 0. The summed E-state index contributed by atoms with van der Waals surface area (Å²) in [5.74, 6) is -0.0488. The molecular weight excluding hydrogens is 203 g/mol. The highest BCUT2D eigenvalue weighted by atomic mass is 19.1. The van der Waals surface area contributed by atoms with Crippen molar-refractivity contribution in [2.75, 3.05) is 6.54 Å². The average Bonchev–Trinajstić information content (AvgIpc) is 2.30. The van der Waals surface area contributed by atoms with Crippen LogP contribution in [0.4, 0.5) is 4.39 Å². The first-order valence-electron chi connectivity index (χ1n) is 6.04. The SMILES string of the molecule is CCCNC(C)C(CC)c1ncccc1F. The number of halogens is 1. The van der Waals surface area contributed by atoms with Crippen LogP contribution in [-0.4, -0.2) is 17.6 Å². The fourth-order valence-corrected chi connectivity index (χ4v) is 1.97. The van der Waals surface area contributed by atoms with E-state index in [-0.39, 0.29) is 17.8 Å². The first kappa shape index (κ1) is 13.1. The number of pyridine rings is 1. The van der Waals surface area contributed by atoms with Crippen molar-refractivity contribution in [3.8, 4) is 0 Å². The summed E-state index contributed by atoms with van der Waals surface area (Å²) < 4.78 is 13.6. The summed E-state index contributed by atoms with van der Waals surface area (Å²) in [5.41, 5.74) is 0.584. The molecule has 0 aliphatic rings. The van der Waals surface area contributed by atoms with E-state index in [1.165, 1.54) is 6.07 Å². The van der Waals surface area contributed by atoms with Gasteiger partial charge in [-0.05, 0) is 38.4 Å². The summed E-state index contributed by atoms with van der Waals surface area (Å²) in [4.78, 5) is 4.16. The van der Waals surface area contributed by atoms with Crippen LogP contribution in [0.2, 0.25) is 0 Å². The molecule has 0 spiro atoms. The molecule has 0 aromatic carbocycles. The summed E-state index contributed by atoms with van der Waals surface area (Å²) in [6.45, 7) is 7.26. The molecular formula is C13H21FN2. The number of rotatable bonds is 6. The Labute approximate surface area is 97.3 Å². The van der Waals surface area contributed by atoms with Crippen LogP contribution in [0.3, 0.4) is 0 Å². The predicted molar refractivity (Wildman–Crippen MR) is 65.0 cm³/mol. The molecule has 1 aromatic rings. The third-order valence-electron chi connectivity index (χ3n) is 2.90. The molecule has 1 rings (SSSR count). The fraction of sp³-hybridized carbons (Fsp3) is 0.615. The van der Waals surface area contributed by atoms with E-state index < -0.39 is 0 Å². The lowest BCUT2D eigenvalue weighted by molar-refractivity contribution is 0.426. The second-order valence-corrected chi connectivity index (χ2v) is 4.13. The molecule has 0 aliphatic carbocycles. The van der Waals surface area contributed by atoms with Crippen LogP contribution < -0.4 is 5.32 Å². The number of hydrogen-bond donors (Lipinski definition) is 1. The number of aromatic nitrogens is 1. The molecule has 16 heavy (non-hydrogen) atoms. The zero-order valence-electron chi connectivity index (χ0n) is 10.3. The maximum absolute atomic E-state index is 13.6. The monoisotopic (exact) mass is 224 g/mol. The van der Waals surface area contributed by atoms with E-state index in [9.17, 15) is 4.39 Å². The highest BCUT2D eigenvalue weighted by molar-refractivity contribution is 5.14. The molecule has 0 bridgehead atoms. The van der Waals surface area contributed by atoms with Crippen molar-refractivity contribution in [1.29, 1.82) is 0 Å². The zero-order chi connectivity index (χ0) is 12.0. The number of nitrogens with zero attached hydrogens (tertiary/aromatic N) is 1. The lowest BCUT2D eigenvalue weighted by Gasteiger charge is -2.23. The van der Waals surface area contributed by atoms with Crippen LogP contribution in [-0.2, 0) is 0 Å². The molecule has 2 atom stereocenters. The van der Waals surface area contributed by atoms with Gasteiger partial charge in [0.2, 0.25) is 0 Å². The molecule has 0 amide bonds. The maximum atomic E-state index is 13.6. The van der Waals surface area contributed by atoms with Crippen LogP contribution in [0, 0.1) is 5.82 Å². The van der Waals surface area contributed by atoms with Gasteiger partial charge in [0.1, 0.15) is 5.82 Å². The van der Waals surface area contributed by atoms with Gasteiger partial charge in [-0.15, -0.1) is 0 Å². The van der Waals surface area contributed by atoms with Gasteiger partial charge in [-0.2, -0.15) is 0 Å². The average molecular weight is 224 g/mol. The van der Waals surface area contributed by atoms with Crippen LogP contribution >= 0.6 is 0 Å². The first-order chi connectivity index (χ1) is 7.70.